The molecule has 0 saturated heterocycles. The predicted molar refractivity (Wildman–Crippen MR) is 56.5 cm³/mol. The molecule has 0 saturated carbocycles. The van der Waals surface area contributed by atoms with E-state index < -0.39 is 5.91 Å². The smallest absolute Gasteiger partial charge is 0.248 e. The largest absolute Gasteiger partial charge is 0.397 e. The molecule has 0 atom stereocenters. The quantitative estimate of drug-likeness (QED) is 0.697. The molecule has 1 heterocycles. The van der Waals surface area contributed by atoms with Gasteiger partial charge in [0.25, 0.3) is 0 Å². The number of nitrogens with zero attached hydrogens (tertiary/aromatic N) is 2. The number of hydrogen-bond donors (Lipinski definition) is 2. The third-order valence-electron chi connectivity index (χ3n) is 2.10. The highest BCUT2D eigenvalue weighted by molar-refractivity contribution is 5.94. The number of benzene rings is 1. The highest BCUT2D eigenvalue weighted by Crippen LogP contribution is 2.18. The second-order valence-corrected chi connectivity index (χ2v) is 3.11. The molecule has 0 aliphatic carbocycles. The molecular weight excluding hydrogens is 192 g/mol. The van der Waals surface area contributed by atoms with Gasteiger partial charge in [0.2, 0.25) is 5.91 Å². The standard InChI is InChI=1S/C10H10N4O/c11-8-2-1-7(10(12)15)5-9(8)14-4-3-13-6-14/h1-6H,11H2,(H2,12,15). The Morgan fingerprint density at radius 2 is 2.20 bits per heavy atom. The molecule has 1 aromatic heterocycles. The van der Waals surface area contributed by atoms with Crippen LogP contribution in [0.4, 0.5) is 5.69 Å². The molecule has 0 radical (unpaired) electrons. The lowest BCUT2D eigenvalue weighted by atomic mass is 10.1. The van der Waals surface area contributed by atoms with Gasteiger partial charge in [-0.05, 0) is 18.2 Å². The van der Waals surface area contributed by atoms with Crippen LogP contribution in [0.1, 0.15) is 10.4 Å². The topological polar surface area (TPSA) is 86.9 Å². The Labute approximate surface area is 86.3 Å². The van der Waals surface area contributed by atoms with Gasteiger partial charge in [-0.15, -0.1) is 0 Å². The van der Waals surface area contributed by atoms with Crippen molar-refractivity contribution in [3.63, 3.8) is 0 Å². The summed E-state index contributed by atoms with van der Waals surface area (Å²) in [4.78, 5) is 14.9. The highest BCUT2D eigenvalue weighted by Gasteiger charge is 2.06. The van der Waals surface area contributed by atoms with E-state index in [2.05, 4.69) is 4.98 Å². The molecule has 76 valence electrons. The minimum atomic E-state index is -0.476. The molecule has 0 aliphatic heterocycles. The molecule has 0 unspecified atom stereocenters. The van der Waals surface area contributed by atoms with Crippen LogP contribution in [0.3, 0.4) is 0 Å². The average Bonchev–Trinajstić information content (AvgIpc) is 2.71. The summed E-state index contributed by atoms with van der Waals surface area (Å²) in [7, 11) is 0. The van der Waals surface area contributed by atoms with E-state index in [1.54, 1.807) is 41.5 Å². The van der Waals surface area contributed by atoms with Crippen LogP contribution in [0.15, 0.2) is 36.9 Å². The maximum Gasteiger partial charge on any atom is 0.248 e. The van der Waals surface area contributed by atoms with Crippen molar-refractivity contribution >= 4 is 11.6 Å². The van der Waals surface area contributed by atoms with E-state index >= 15 is 0 Å². The fraction of sp³-hybridized carbons (Fsp3) is 0. The number of primary amides is 1. The molecule has 1 amide bonds. The van der Waals surface area contributed by atoms with Gasteiger partial charge in [0.05, 0.1) is 17.7 Å². The van der Waals surface area contributed by atoms with E-state index in [1.165, 1.54) is 0 Å². The van der Waals surface area contributed by atoms with E-state index in [4.69, 9.17) is 11.5 Å². The zero-order valence-electron chi connectivity index (χ0n) is 7.92. The number of rotatable bonds is 2. The molecule has 2 aromatic rings. The minimum absolute atomic E-state index is 0.424. The fourth-order valence-corrected chi connectivity index (χ4v) is 1.32. The number of carbonyl (C=O) groups is 1. The van der Waals surface area contributed by atoms with Crippen LogP contribution in [0, 0.1) is 0 Å². The van der Waals surface area contributed by atoms with Crippen LogP contribution in [0.5, 0.6) is 0 Å². The lowest BCUT2D eigenvalue weighted by Crippen LogP contribution is -2.12. The molecule has 2 rings (SSSR count). The highest BCUT2D eigenvalue weighted by atomic mass is 16.1. The van der Waals surface area contributed by atoms with Gasteiger partial charge in [0.1, 0.15) is 0 Å². The van der Waals surface area contributed by atoms with Gasteiger partial charge < -0.3 is 16.0 Å². The first kappa shape index (κ1) is 9.26. The Bertz CT molecular complexity index is 490. The third kappa shape index (κ3) is 1.67. The summed E-state index contributed by atoms with van der Waals surface area (Å²) >= 11 is 0. The van der Waals surface area contributed by atoms with Crippen LogP contribution in [-0.2, 0) is 0 Å². The van der Waals surface area contributed by atoms with E-state index in [9.17, 15) is 4.79 Å². The van der Waals surface area contributed by atoms with Crippen molar-refractivity contribution in [1.82, 2.24) is 9.55 Å². The Morgan fingerprint density at radius 1 is 1.40 bits per heavy atom. The van der Waals surface area contributed by atoms with Gasteiger partial charge in [-0.2, -0.15) is 0 Å². The first-order valence-electron chi connectivity index (χ1n) is 4.36. The molecular formula is C10H10N4O. The molecule has 5 nitrogen and oxygen atoms in total. The summed E-state index contributed by atoms with van der Waals surface area (Å²) in [5.74, 6) is -0.476. The molecule has 5 heteroatoms. The molecule has 0 bridgehead atoms. The second kappa shape index (κ2) is 3.45. The summed E-state index contributed by atoms with van der Waals surface area (Å²) < 4.78 is 1.72. The molecule has 0 spiro atoms. The predicted octanol–water partition coefficient (Wildman–Crippen LogP) is 0.553. The van der Waals surface area contributed by atoms with Crippen molar-refractivity contribution < 1.29 is 4.79 Å². The van der Waals surface area contributed by atoms with Gasteiger partial charge >= 0.3 is 0 Å². The molecule has 15 heavy (non-hydrogen) atoms. The number of hydrogen-bond acceptors (Lipinski definition) is 3. The summed E-state index contributed by atoms with van der Waals surface area (Å²) in [6, 6.07) is 4.88. The molecule has 4 N–H and O–H groups in total. The van der Waals surface area contributed by atoms with Crippen molar-refractivity contribution in [2.75, 3.05) is 5.73 Å². The van der Waals surface area contributed by atoms with Crippen LogP contribution in [0.25, 0.3) is 5.69 Å². The van der Waals surface area contributed by atoms with Gasteiger partial charge in [0, 0.05) is 18.0 Å². The summed E-state index contributed by atoms with van der Waals surface area (Å²) in [5.41, 5.74) is 12.7. The Hall–Kier alpha value is -2.30. The number of anilines is 1. The third-order valence-corrected chi connectivity index (χ3v) is 2.10. The van der Waals surface area contributed by atoms with Crippen molar-refractivity contribution in [3.05, 3.63) is 42.5 Å². The zero-order chi connectivity index (χ0) is 10.8. The first-order chi connectivity index (χ1) is 7.18. The summed E-state index contributed by atoms with van der Waals surface area (Å²) in [5, 5.41) is 0. The Morgan fingerprint density at radius 3 is 2.80 bits per heavy atom. The van der Waals surface area contributed by atoms with Crippen molar-refractivity contribution in [2.24, 2.45) is 5.73 Å². The van der Waals surface area contributed by atoms with Crippen LogP contribution >= 0.6 is 0 Å². The number of aromatic nitrogens is 2. The van der Waals surface area contributed by atoms with E-state index in [1.807, 2.05) is 0 Å². The summed E-state index contributed by atoms with van der Waals surface area (Å²) in [6.45, 7) is 0. The fourth-order valence-electron chi connectivity index (χ4n) is 1.32. The van der Waals surface area contributed by atoms with Gasteiger partial charge in [-0.1, -0.05) is 0 Å². The van der Waals surface area contributed by atoms with Crippen LogP contribution in [-0.4, -0.2) is 15.5 Å². The maximum atomic E-state index is 11.0. The van der Waals surface area contributed by atoms with E-state index in [0.29, 0.717) is 16.9 Å². The normalized spacial score (nSPS) is 10.1. The SMILES string of the molecule is NC(=O)c1ccc(N)c(-n2ccnc2)c1. The second-order valence-electron chi connectivity index (χ2n) is 3.11. The van der Waals surface area contributed by atoms with E-state index in [0.717, 1.165) is 0 Å². The van der Waals surface area contributed by atoms with Crippen molar-refractivity contribution in [2.45, 2.75) is 0 Å². The molecule has 0 aliphatic rings. The van der Waals surface area contributed by atoms with Crippen LogP contribution in [0.2, 0.25) is 0 Å². The first-order valence-corrected chi connectivity index (χ1v) is 4.36. The van der Waals surface area contributed by atoms with Gasteiger partial charge in [0.15, 0.2) is 0 Å². The number of nitrogens with two attached hydrogens (primary N) is 2. The number of amides is 1. The lowest BCUT2D eigenvalue weighted by molar-refractivity contribution is 0.100. The van der Waals surface area contributed by atoms with E-state index in [-0.39, 0.29) is 0 Å². The average molecular weight is 202 g/mol. The minimum Gasteiger partial charge on any atom is -0.397 e. The Balaban J connectivity index is 2.55. The Kier molecular flexibility index (Phi) is 2.13. The number of imidazole rings is 1. The monoisotopic (exact) mass is 202 g/mol. The van der Waals surface area contributed by atoms with Crippen molar-refractivity contribution in [1.29, 1.82) is 0 Å². The molecule has 0 fully saturated rings. The molecule has 1 aromatic carbocycles. The zero-order valence-corrected chi connectivity index (χ0v) is 7.92. The number of carbonyl (C=O) groups excluding carboxylic acids is 1. The van der Waals surface area contributed by atoms with Crippen molar-refractivity contribution in [3.8, 4) is 5.69 Å². The lowest BCUT2D eigenvalue weighted by Gasteiger charge is -2.07. The maximum absolute atomic E-state index is 11.0. The van der Waals surface area contributed by atoms with Gasteiger partial charge in [-0.3, -0.25) is 4.79 Å². The van der Waals surface area contributed by atoms with Crippen LogP contribution < -0.4 is 11.5 Å². The van der Waals surface area contributed by atoms with Gasteiger partial charge in [-0.25, -0.2) is 4.98 Å². The summed E-state index contributed by atoms with van der Waals surface area (Å²) in [6.07, 6.45) is 4.99. The number of nitrogen functional groups attached to an aromatic ring is 1.